The molecule has 6 heteroatoms. The Morgan fingerprint density at radius 3 is 2.87 bits per heavy atom. The van der Waals surface area contributed by atoms with Crippen LogP contribution in [-0.2, 0) is 4.74 Å². The van der Waals surface area contributed by atoms with Crippen LogP contribution in [0.5, 0.6) is 0 Å². The van der Waals surface area contributed by atoms with Crippen LogP contribution in [0.1, 0.15) is 18.4 Å². The molecule has 2 heterocycles. The summed E-state index contributed by atoms with van der Waals surface area (Å²) < 4.78 is 11.1. The van der Waals surface area contributed by atoms with E-state index in [9.17, 15) is 0 Å². The number of hydrogen-bond acceptors (Lipinski definition) is 6. The first-order valence-corrected chi connectivity index (χ1v) is 8.28. The zero-order valence-corrected chi connectivity index (χ0v) is 13.4. The Balaban J connectivity index is 1.33. The second kappa shape index (κ2) is 6.29. The van der Waals surface area contributed by atoms with Gasteiger partial charge in [-0.3, -0.25) is 4.90 Å². The van der Waals surface area contributed by atoms with Crippen molar-refractivity contribution in [2.24, 2.45) is 0 Å². The summed E-state index contributed by atoms with van der Waals surface area (Å²) in [5.41, 5.74) is 2.17. The second-order valence-corrected chi connectivity index (χ2v) is 6.39. The van der Waals surface area contributed by atoms with Gasteiger partial charge in [0.25, 0.3) is 0 Å². The Bertz CT molecular complexity index is 651. The van der Waals surface area contributed by atoms with Gasteiger partial charge in [-0.25, -0.2) is 0 Å². The molecule has 1 saturated carbocycles. The first kappa shape index (κ1) is 14.7. The maximum absolute atomic E-state index is 5.82. The molecule has 122 valence electrons. The van der Waals surface area contributed by atoms with E-state index in [2.05, 4.69) is 27.3 Å². The molecular formula is C17H22N4O2. The maximum Gasteiger partial charge on any atom is 0.321 e. The highest BCUT2D eigenvalue weighted by Crippen LogP contribution is 2.28. The molecule has 2 aliphatic rings. The molecule has 23 heavy (non-hydrogen) atoms. The van der Waals surface area contributed by atoms with Crippen LogP contribution in [0.3, 0.4) is 0 Å². The number of aryl methyl sites for hydroxylation is 1. The summed E-state index contributed by atoms with van der Waals surface area (Å²) in [5.74, 6) is 0.608. The van der Waals surface area contributed by atoms with E-state index in [4.69, 9.17) is 9.26 Å². The topological polar surface area (TPSA) is 63.4 Å². The minimum Gasteiger partial charge on any atom is -0.374 e. The molecule has 2 aromatic rings. The Kier molecular flexibility index (Phi) is 4.01. The fourth-order valence-electron chi connectivity index (χ4n) is 2.95. The van der Waals surface area contributed by atoms with Crippen molar-refractivity contribution in [3.05, 3.63) is 29.8 Å². The summed E-state index contributed by atoms with van der Waals surface area (Å²) in [5, 5.41) is 7.24. The average molecular weight is 314 g/mol. The van der Waals surface area contributed by atoms with E-state index in [1.165, 1.54) is 18.4 Å². The molecule has 2 fully saturated rings. The fourth-order valence-corrected chi connectivity index (χ4v) is 2.95. The highest BCUT2D eigenvalue weighted by atomic mass is 16.5. The van der Waals surface area contributed by atoms with Gasteiger partial charge in [0.1, 0.15) is 0 Å². The molecule has 6 nitrogen and oxygen atoms in total. The molecule has 0 radical (unpaired) electrons. The third-order valence-corrected chi connectivity index (χ3v) is 4.45. The van der Waals surface area contributed by atoms with Crippen LogP contribution in [0.25, 0.3) is 11.4 Å². The fraction of sp³-hybridized carbons (Fsp3) is 0.529. The van der Waals surface area contributed by atoms with Gasteiger partial charge in [-0.2, -0.15) is 4.98 Å². The van der Waals surface area contributed by atoms with E-state index in [1.54, 1.807) is 0 Å². The number of rotatable bonds is 5. The summed E-state index contributed by atoms with van der Waals surface area (Å²) in [4.78, 5) is 6.93. The summed E-state index contributed by atoms with van der Waals surface area (Å²) in [7, 11) is 0. The smallest absolute Gasteiger partial charge is 0.321 e. The van der Waals surface area contributed by atoms with E-state index in [0.717, 1.165) is 31.3 Å². The standard InChI is InChI=1S/C17H22N4O2/c1-12-2-4-13(5-3-12)16-19-17(23-20-16)18-10-15-11-21(8-9-22-15)14-6-7-14/h2-5,14-15H,6-11H2,1H3,(H,18,19,20)/t15-/m0/s1. The number of hydrogen-bond donors (Lipinski definition) is 1. The highest BCUT2D eigenvalue weighted by molar-refractivity contribution is 5.55. The van der Waals surface area contributed by atoms with E-state index >= 15 is 0 Å². The van der Waals surface area contributed by atoms with Gasteiger partial charge in [-0.1, -0.05) is 35.0 Å². The highest BCUT2D eigenvalue weighted by Gasteiger charge is 2.32. The molecule has 0 amide bonds. The van der Waals surface area contributed by atoms with Crippen LogP contribution in [0.15, 0.2) is 28.8 Å². The minimum atomic E-state index is 0.180. The number of nitrogens with one attached hydrogen (secondary N) is 1. The molecule has 0 spiro atoms. The van der Waals surface area contributed by atoms with E-state index in [-0.39, 0.29) is 6.10 Å². The number of anilines is 1. The number of morpholine rings is 1. The monoisotopic (exact) mass is 314 g/mol. The number of ether oxygens (including phenoxy) is 1. The molecular weight excluding hydrogens is 292 g/mol. The lowest BCUT2D eigenvalue weighted by molar-refractivity contribution is -0.0243. The van der Waals surface area contributed by atoms with Gasteiger partial charge >= 0.3 is 6.01 Å². The lowest BCUT2D eigenvalue weighted by Gasteiger charge is -2.32. The van der Waals surface area contributed by atoms with Gasteiger partial charge in [-0.05, 0) is 19.8 Å². The second-order valence-electron chi connectivity index (χ2n) is 6.39. The van der Waals surface area contributed by atoms with Gasteiger partial charge in [-0.15, -0.1) is 0 Å². The summed E-state index contributed by atoms with van der Waals surface area (Å²) in [6.45, 7) is 5.60. The van der Waals surface area contributed by atoms with E-state index in [1.807, 2.05) is 24.3 Å². The van der Waals surface area contributed by atoms with Gasteiger partial charge in [0.05, 0.1) is 12.7 Å². The molecule has 1 aromatic carbocycles. The van der Waals surface area contributed by atoms with Gasteiger partial charge in [0, 0.05) is 31.2 Å². The Morgan fingerprint density at radius 2 is 2.09 bits per heavy atom. The van der Waals surface area contributed by atoms with Crippen molar-refractivity contribution in [3.8, 4) is 11.4 Å². The lowest BCUT2D eigenvalue weighted by Crippen LogP contribution is -2.46. The summed E-state index contributed by atoms with van der Waals surface area (Å²) in [6, 6.07) is 9.33. The van der Waals surface area contributed by atoms with Crippen LogP contribution in [0.4, 0.5) is 6.01 Å². The molecule has 1 saturated heterocycles. The first-order valence-electron chi connectivity index (χ1n) is 8.28. The maximum atomic E-state index is 5.82. The molecule has 1 N–H and O–H groups in total. The van der Waals surface area contributed by atoms with Gasteiger partial charge in [0.2, 0.25) is 5.82 Å². The van der Waals surface area contributed by atoms with Crippen molar-refractivity contribution in [2.75, 3.05) is 31.6 Å². The third kappa shape index (κ3) is 3.54. The normalized spacial score (nSPS) is 22.2. The molecule has 1 aromatic heterocycles. The molecule has 1 atom stereocenters. The van der Waals surface area contributed by atoms with Gasteiger partial charge in [0.15, 0.2) is 0 Å². The van der Waals surface area contributed by atoms with Crippen LogP contribution in [0, 0.1) is 6.92 Å². The molecule has 0 unspecified atom stereocenters. The van der Waals surface area contributed by atoms with Crippen molar-refractivity contribution in [1.29, 1.82) is 0 Å². The van der Waals surface area contributed by atoms with Crippen molar-refractivity contribution in [2.45, 2.75) is 31.9 Å². The number of aromatic nitrogens is 2. The van der Waals surface area contributed by atoms with E-state index in [0.29, 0.717) is 18.4 Å². The lowest BCUT2D eigenvalue weighted by atomic mass is 10.1. The Labute approximate surface area is 135 Å². The van der Waals surface area contributed by atoms with Crippen LogP contribution in [0.2, 0.25) is 0 Å². The quantitative estimate of drug-likeness (QED) is 0.914. The molecule has 1 aliphatic carbocycles. The molecule has 1 aliphatic heterocycles. The average Bonchev–Trinajstić information content (AvgIpc) is 3.33. The zero-order valence-electron chi connectivity index (χ0n) is 13.4. The van der Waals surface area contributed by atoms with Crippen molar-refractivity contribution >= 4 is 6.01 Å². The largest absolute Gasteiger partial charge is 0.374 e. The Hall–Kier alpha value is -1.92. The summed E-state index contributed by atoms with van der Waals surface area (Å²) in [6.07, 6.45) is 2.85. The van der Waals surface area contributed by atoms with Crippen LogP contribution < -0.4 is 5.32 Å². The summed E-state index contributed by atoms with van der Waals surface area (Å²) >= 11 is 0. The zero-order chi connectivity index (χ0) is 15.6. The SMILES string of the molecule is Cc1ccc(-c2noc(NC[C@H]3CN(C4CC4)CCO3)n2)cc1. The first-order chi connectivity index (χ1) is 11.3. The number of benzene rings is 1. The predicted octanol–water partition coefficient (Wildman–Crippen LogP) is 2.32. The molecule has 4 rings (SSSR count). The van der Waals surface area contributed by atoms with Gasteiger partial charge < -0.3 is 14.6 Å². The van der Waals surface area contributed by atoms with Crippen LogP contribution >= 0.6 is 0 Å². The van der Waals surface area contributed by atoms with Crippen molar-refractivity contribution < 1.29 is 9.26 Å². The third-order valence-electron chi connectivity index (χ3n) is 4.45. The van der Waals surface area contributed by atoms with Crippen LogP contribution in [-0.4, -0.2) is 53.4 Å². The molecule has 0 bridgehead atoms. The number of nitrogens with zero attached hydrogens (tertiary/aromatic N) is 3. The predicted molar refractivity (Wildman–Crippen MR) is 87.3 cm³/mol. The minimum absolute atomic E-state index is 0.180. The van der Waals surface area contributed by atoms with Crippen molar-refractivity contribution in [3.63, 3.8) is 0 Å². The Morgan fingerprint density at radius 1 is 1.26 bits per heavy atom. The van der Waals surface area contributed by atoms with Crippen molar-refractivity contribution in [1.82, 2.24) is 15.0 Å². The van der Waals surface area contributed by atoms with E-state index < -0.39 is 0 Å².